The average molecular weight is 365 g/mol. The number of benzene rings is 2. The van der Waals surface area contributed by atoms with E-state index >= 15 is 0 Å². The van der Waals surface area contributed by atoms with Crippen LogP contribution in [0.5, 0.6) is 11.5 Å². The monoisotopic (exact) mass is 365 g/mol. The maximum atomic E-state index is 5.50. The van der Waals surface area contributed by atoms with Gasteiger partial charge in [0.2, 0.25) is 11.7 Å². The molecule has 2 heterocycles. The van der Waals surface area contributed by atoms with E-state index in [4.69, 9.17) is 14.0 Å². The molecule has 140 valence electrons. The lowest BCUT2D eigenvalue weighted by molar-refractivity contribution is 0.212. The first-order valence-corrected chi connectivity index (χ1v) is 9.12. The summed E-state index contributed by atoms with van der Waals surface area (Å²) in [5, 5.41) is 4.13. The minimum Gasteiger partial charge on any atom is -0.497 e. The molecule has 1 aromatic heterocycles. The number of likely N-dealkylation sites (tertiary alicyclic amines) is 1. The molecule has 0 spiro atoms. The SMILES string of the molecule is COc1ccc(-c2noc(CN3CCCC3c3ccc(OC)cc3)n2)cc1. The molecule has 0 aliphatic carbocycles. The van der Waals surface area contributed by atoms with Gasteiger partial charge in [-0.05, 0) is 61.3 Å². The van der Waals surface area contributed by atoms with Crippen molar-refractivity contribution >= 4 is 0 Å². The second-order valence-corrected chi connectivity index (χ2v) is 6.64. The third kappa shape index (κ3) is 3.80. The van der Waals surface area contributed by atoms with Gasteiger partial charge in [-0.15, -0.1) is 0 Å². The van der Waals surface area contributed by atoms with E-state index in [1.165, 1.54) is 5.56 Å². The molecule has 3 aromatic rings. The van der Waals surface area contributed by atoms with E-state index in [0.717, 1.165) is 36.4 Å². The fourth-order valence-electron chi connectivity index (χ4n) is 3.57. The van der Waals surface area contributed by atoms with Crippen molar-refractivity contribution in [2.45, 2.75) is 25.4 Å². The van der Waals surface area contributed by atoms with Crippen molar-refractivity contribution in [3.63, 3.8) is 0 Å². The van der Waals surface area contributed by atoms with Gasteiger partial charge in [0.05, 0.1) is 20.8 Å². The van der Waals surface area contributed by atoms with Gasteiger partial charge in [-0.3, -0.25) is 4.90 Å². The van der Waals surface area contributed by atoms with Crippen molar-refractivity contribution in [3.05, 3.63) is 60.0 Å². The fourth-order valence-corrected chi connectivity index (χ4v) is 3.57. The molecule has 1 unspecified atom stereocenters. The zero-order valence-electron chi connectivity index (χ0n) is 15.6. The molecule has 4 rings (SSSR count). The first-order chi connectivity index (χ1) is 13.3. The molecular weight excluding hydrogens is 342 g/mol. The van der Waals surface area contributed by atoms with Crippen LogP contribution in [0.25, 0.3) is 11.4 Å². The number of ether oxygens (including phenoxy) is 2. The van der Waals surface area contributed by atoms with Crippen LogP contribution in [0.2, 0.25) is 0 Å². The van der Waals surface area contributed by atoms with E-state index in [-0.39, 0.29) is 0 Å². The Bertz CT molecular complexity index is 874. The zero-order chi connectivity index (χ0) is 18.6. The van der Waals surface area contributed by atoms with E-state index in [0.29, 0.717) is 24.3 Å². The highest BCUT2D eigenvalue weighted by molar-refractivity contribution is 5.55. The third-order valence-electron chi connectivity index (χ3n) is 5.02. The molecule has 1 aliphatic heterocycles. The van der Waals surface area contributed by atoms with E-state index in [1.807, 2.05) is 36.4 Å². The number of methoxy groups -OCH3 is 2. The summed E-state index contributed by atoms with van der Waals surface area (Å²) in [4.78, 5) is 6.97. The van der Waals surface area contributed by atoms with Gasteiger partial charge in [0.15, 0.2) is 0 Å². The highest BCUT2D eigenvalue weighted by Crippen LogP contribution is 2.34. The van der Waals surface area contributed by atoms with Gasteiger partial charge in [0.25, 0.3) is 0 Å². The van der Waals surface area contributed by atoms with Gasteiger partial charge in [0.1, 0.15) is 11.5 Å². The molecule has 1 fully saturated rings. The van der Waals surface area contributed by atoms with Gasteiger partial charge in [-0.2, -0.15) is 4.98 Å². The summed E-state index contributed by atoms with van der Waals surface area (Å²) in [6.45, 7) is 1.68. The predicted molar refractivity (Wildman–Crippen MR) is 102 cm³/mol. The summed E-state index contributed by atoms with van der Waals surface area (Å²) >= 11 is 0. The zero-order valence-corrected chi connectivity index (χ0v) is 15.6. The summed E-state index contributed by atoms with van der Waals surface area (Å²) in [7, 11) is 3.34. The topological polar surface area (TPSA) is 60.6 Å². The second kappa shape index (κ2) is 7.80. The molecule has 1 saturated heterocycles. The van der Waals surface area contributed by atoms with Crippen LogP contribution in [0.4, 0.5) is 0 Å². The number of nitrogens with zero attached hydrogens (tertiary/aromatic N) is 3. The van der Waals surface area contributed by atoms with Crippen molar-refractivity contribution in [3.8, 4) is 22.9 Å². The Morgan fingerprint density at radius 3 is 2.33 bits per heavy atom. The number of aromatic nitrogens is 2. The normalized spacial score (nSPS) is 17.2. The molecule has 0 bridgehead atoms. The molecular formula is C21H23N3O3. The summed E-state index contributed by atoms with van der Waals surface area (Å²) in [6.07, 6.45) is 2.29. The lowest BCUT2D eigenvalue weighted by Gasteiger charge is -2.23. The van der Waals surface area contributed by atoms with Crippen LogP contribution in [0, 0.1) is 0 Å². The van der Waals surface area contributed by atoms with Crippen LogP contribution >= 0.6 is 0 Å². The lowest BCUT2D eigenvalue weighted by atomic mass is 10.0. The minimum absolute atomic E-state index is 0.368. The maximum Gasteiger partial charge on any atom is 0.241 e. The number of hydrogen-bond acceptors (Lipinski definition) is 6. The molecule has 0 saturated carbocycles. The molecule has 0 amide bonds. The smallest absolute Gasteiger partial charge is 0.241 e. The standard InChI is InChI=1S/C21H23N3O3/c1-25-17-9-5-15(6-10-17)19-4-3-13-24(19)14-20-22-21(23-27-20)16-7-11-18(26-2)12-8-16/h5-12,19H,3-4,13-14H2,1-2H3. The maximum absolute atomic E-state index is 5.50. The van der Waals surface area contributed by atoms with E-state index < -0.39 is 0 Å². The van der Waals surface area contributed by atoms with Crippen LogP contribution < -0.4 is 9.47 Å². The van der Waals surface area contributed by atoms with Gasteiger partial charge in [-0.25, -0.2) is 0 Å². The Balaban J connectivity index is 1.47. The molecule has 2 aromatic carbocycles. The summed E-state index contributed by atoms with van der Waals surface area (Å²) < 4.78 is 16.0. The predicted octanol–water partition coefficient (Wildman–Crippen LogP) is 4.09. The largest absolute Gasteiger partial charge is 0.497 e. The van der Waals surface area contributed by atoms with Crippen molar-refractivity contribution < 1.29 is 14.0 Å². The Morgan fingerprint density at radius 2 is 1.67 bits per heavy atom. The molecule has 6 heteroatoms. The van der Waals surface area contributed by atoms with Crippen LogP contribution in [-0.4, -0.2) is 35.8 Å². The lowest BCUT2D eigenvalue weighted by Crippen LogP contribution is -2.22. The second-order valence-electron chi connectivity index (χ2n) is 6.64. The Kier molecular flexibility index (Phi) is 5.07. The van der Waals surface area contributed by atoms with E-state index in [9.17, 15) is 0 Å². The summed E-state index contributed by atoms with van der Waals surface area (Å²) in [5.74, 6) is 2.93. The van der Waals surface area contributed by atoms with Gasteiger partial charge in [0, 0.05) is 11.6 Å². The molecule has 27 heavy (non-hydrogen) atoms. The minimum atomic E-state index is 0.368. The number of hydrogen-bond donors (Lipinski definition) is 0. The van der Waals surface area contributed by atoms with Crippen molar-refractivity contribution in [1.82, 2.24) is 15.0 Å². The molecule has 6 nitrogen and oxygen atoms in total. The first-order valence-electron chi connectivity index (χ1n) is 9.12. The van der Waals surface area contributed by atoms with Crippen molar-refractivity contribution in [2.75, 3.05) is 20.8 Å². The highest BCUT2D eigenvalue weighted by Gasteiger charge is 2.27. The van der Waals surface area contributed by atoms with Gasteiger partial charge in [-0.1, -0.05) is 17.3 Å². The van der Waals surface area contributed by atoms with Crippen LogP contribution in [0.15, 0.2) is 53.1 Å². The first kappa shape index (κ1) is 17.5. The van der Waals surface area contributed by atoms with Crippen LogP contribution in [0.3, 0.4) is 0 Å². The van der Waals surface area contributed by atoms with Crippen molar-refractivity contribution in [1.29, 1.82) is 0 Å². The Labute approximate surface area is 158 Å². The van der Waals surface area contributed by atoms with Crippen LogP contribution in [0.1, 0.15) is 30.3 Å². The molecule has 0 radical (unpaired) electrons. The fraction of sp³-hybridized carbons (Fsp3) is 0.333. The number of rotatable bonds is 6. The Hall–Kier alpha value is -2.86. The third-order valence-corrected chi connectivity index (χ3v) is 5.02. The highest BCUT2D eigenvalue weighted by atomic mass is 16.5. The van der Waals surface area contributed by atoms with E-state index in [2.05, 4.69) is 27.2 Å². The molecule has 1 aliphatic rings. The van der Waals surface area contributed by atoms with Gasteiger partial charge < -0.3 is 14.0 Å². The quantitative estimate of drug-likeness (QED) is 0.656. The van der Waals surface area contributed by atoms with Gasteiger partial charge >= 0.3 is 0 Å². The van der Waals surface area contributed by atoms with Crippen LogP contribution in [-0.2, 0) is 6.54 Å². The Morgan fingerprint density at radius 1 is 1.00 bits per heavy atom. The average Bonchev–Trinajstić information content (AvgIpc) is 3.38. The molecule has 0 N–H and O–H groups in total. The summed E-state index contributed by atoms with van der Waals surface area (Å²) in [6, 6.07) is 16.3. The summed E-state index contributed by atoms with van der Waals surface area (Å²) in [5.41, 5.74) is 2.21. The van der Waals surface area contributed by atoms with Crippen molar-refractivity contribution in [2.24, 2.45) is 0 Å². The molecule has 1 atom stereocenters. The van der Waals surface area contributed by atoms with E-state index in [1.54, 1.807) is 14.2 Å².